The average Bonchev–Trinajstić information content (AvgIpc) is 2.82. The van der Waals surface area contributed by atoms with Gasteiger partial charge in [0.05, 0.1) is 25.4 Å². The zero-order chi connectivity index (χ0) is 21.4. The first kappa shape index (κ1) is 19.1. The molecule has 6 heteroatoms. The maximum atomic E-state index is 11.7. The van der Waals surface area contributed by atoms with Gasteiger partial charge in [0.25, 0.3) is 0 Å². The normalized spacial score (nSPS) is 13.2. The van der Waals surface area contributed by atoms with Crippen molar-refractivity contribution in [3.8, 4) is 33.9 Å². The van der Waals surface area contributed by atoms with E-state index in [1.165, 1.54) is 0 Å². The van der Waals surface area contributed by atoms with Crippen LogP contribution in [-0.2, 0) is 4.79 Å². The second-order valence-electron chi connectivity index (χ2n) is 7.37. The predicted molar refractivity (Wildman–Crippen MR) is 120 cm³/mol. The van der Waals surface area contributed by atoms with Gasteiger partial charge in [-0.2, -0.15) is 0 Å². The number of amides is 1. The summed E-state index contributed by atoms with van der Waals surface area (Å²) in [6, 6.07) is 20.0. The Morgan fingerprint density at radius 3 is 2.19 bits per heavy atom. The molecule has 0 radical (unpaired) electrons. The Morgan fingerprint density at radius 2 is 1.52 bits per heavy atom. The lowest BCUT2D eigenvalue weighted by molar-refractivity contribution is -0.122. The van der Waals surface area contributed by atoms with E-state index in [1.807, 2.05) is 54.6 Å². The molecule has 31 heavy (non-hydrogen) atoms. The molecule has 5 rings (SSSR count). The summed E-state index contributed by atoms with van der Waals surface area (Å²) in [5, 5.41) is 0.961. The Bertz CT molecular complexity index is 1290. The van der Waals surface area contributed by atoms with E-state index in [4.69, 9.17) is 9.47 Å². The van der Waals surface area contributed by atoms with Gasteiger partial charge in [0.15, 0.2) is 11.5 Å². The monoisotopic (exact) mass is 411 g/mol. The molecule has 6 nitrogen and oxygen atoms in total. The van der Waals surface area contributed by atoms with Crippen LogP contribution in [0.15, 0.2) is 67.0 Å². The summed E-state index contributed by atoms with van der Waals surface area (Å²) in [5.74, 6) is 1.54. The smallest absolute Gasteiger partial charge is 0.228 e. The van der Waals surface area contributed by atoms with Crippen molar-refractivity contribution in [2.75, 3.05) is 25.7 Å². The highest BCUT2D eigenvalue weighted by Gasteiger charge is 2.25. The molecule has 1 aliphatic heterocycles. The lowest BCUT2D eigenvalue weighted by Crippen LogP contribution is -2.43. The van der Waals surface area contributed by atoms with Crippen molar-refractivity contribution >= 4 is 22.5 Å². The largest absolute Gasteiger partial charge is 0.493 e. The summed E-state index contributed by atoms with van der Waals surface area (Å²) in [6.07, 6.45) is 2.21. The number of carbonyl (C=O) groups excluding carboxylic acids is 1. The zero-order valence-corrected chi connectivity index (χ0v) is 17.3. The van der Waals surface area contributed by atoms with Gasteiger partial charge in [-0.1, -0.05) is 24.3 Å². The van der Waals surface area contributed by atoms with Crippen LogP contribution >= 0.6 is 0 Å². The third-order valence-electron chi connectivity index (χ3n) is 5.65. The highest BCUT2D eigenvalue weighted by atomic mass is 16.5. The van der Waals surface area contributed by atoms with Gasteiger partial charge in [-0.05, 0) is 47.5 Å². The third-order valence-corrected chi connectivity index (χ3v) is 5.65. The topological polar surface area (TPSA) is 64.6 Å². The number of rotatable bonds is 5. The highest BCUT2D eigenvalue weighted by molar-refractivity contribution is 6.00. The zero-order valence-electron chi connectivity index (χ0n) is 17.3. The van der Waals surface area contributed by atoms with Crippen LogP contribution in [0.1, 0.15) is 6.42 Å². The molecular formula is C25H21N3O3. The Morgan fingerprint density at radius 1 is 0.806 bits per heavy atom. The van der Waals surface area contributed by atoms with Gasteiger partial charge < -0.3 is 14.4 Å². The van der Waals surface area contributed by atoms with E-state index in [0.717, 1.165) is 45.5 Å². The van der Waals surface area contributed by atoms with E-state index in [0.29, 0.717) is 17.9 Å². The minimum absolute atomic E-state index is 0.166. The van der Waals surface area contributed by atoms with E-state index in [2.05, 4.69) is 16.0 Å². The van der Waals surface area contributed by atoms with Gasteiger partial charge in [-0.3, -0.25) is 4.79 Å². The van der Waals surface area contributed by atoms with Gasteiger partial charge in [0.2, 0.25) is 5.91 Å². The molecule has 0 unspecified atom stereocenters. The SMILES string of the molecule is COc1ccc(-c2ccc3ncnc(-c4ccc(N5CCC5=O)cc4)c3c2)cc1OC. The van der Waals surface area contributed by atoms with Crippen LogP contribution in [0.25, 0.3) is 33.3 Å². The van der Waals surface area contributed by atoms with Crippen molar-refractivity contribution in [2.45, 2.75) is 6.42 Å². The van der Waals surface area contributed by atoms with Crippen LogP contribution in [0, 0.1) is 0 Å². The molecule has 0 spiro atoms. The van der Waals surface area contributed by atoms with Crippen molar-refractivity contribution < 1.29 is 14.3 Å². The van der Waals surface area contributed by atoms with Gasteiger partial charge >= 0.3 is 0 Å². The van der Waals surface area contributed by atoms with Crippen LogP contribution in [-0.4, -0.2) is 36.6 Å². The fraction of sp³-hybridized carbons (Fsp3) is 0.160. The summed E-state index contributed by atoms with van der Waals surface area (Å²) in [4.78, 5) is 22.5. The molecule has 1 amide bonds. The molecule has 1 aromatic heterocycles. The number of ether oxygens (including phenoxy) is 2. The van der Waals surface area contributed by atoms with Crippen LogP contribution in [0.5, 0.6) is 11.5 Å². The number of hydrogen-bond acceptors (Lipinski definition) is 5. The van der Waals surface area contributed by atoms with E-state index in [-0.39, 0.29) is 5.91 Å². The lowest BCUT2D eigenvalue weighted by atomic mass is 9.99. The summed E-state index contributed by atoms with van der Waals surface area (Å²) in [5.41, 5.74) is 5.68. The molecule has 0 aliphatic carbocycles. The molecule has 1 fully saturated rings. The molecule has 0 bridgehead atoms. The van der Waals surface area contributed by atoms with Gasteiger partial charge in [0, 0.05) is 29.6 Å². The molecule has 1 aliphatic rings. The lowest BCUT2D eigenvalue weighted by Gasteiger charge is -2.30. The number of benzene rings is 3. The van der Waals surface area contributed by atoms with E-state index in [9.17, 15) is 4.79 Å². The first-order valence-electron chi connectivity index (χ1n) is 10.1. The van der Waals surface area contributed by atoms with Crippen molar-refractivity contribution in [2.24, 2.45) is 0 Å². The Hall–Kier alpha value is -3.93. The minimum Gasteiger partial charge on any atom is -0.493 e. The Balaban J connectivity index is 1.56. The first-order chi connectivity index (χ1) is 15.2. The molecule has 0 saturated carbocycles. The van der Waals surface area contributed by atoms with Crippen LogP contribution in [0.3, 0.4) is 0 Å². The molecule has 4 aromatic rings. The fourth-order valence-electron chi connectivity index (χ4n) is 3.87. The Labute approximate surface area is 180 Å². The van der Waals surface area contributed by atoms with Crippen LogP contribution in [0.2, 0.25) is 0 Å². The molecule has 0 atom stereocenters. The highest BCUT2D eigenvalue weighted by Crippen LogP contribution is 2.35. The summed E-state index contributed by atoms with van der Waals surface area (Å²) < 4.78 is 10.8. The van der Waals surface area contributed by atoms with Crippen molar-refractivity contribution in [1.82, 2.24) is 9.97 Å². The minimum atomic E-state index is 0.166. The van der Waals surface area contributed by atoms with Crippen LogP contribution < -0.4 is 14.4 Å². The van der Waals surface area contributed by atoms with Crippen LogP contribution in [0.4, 0.5) is 5.69 Å². The van der Waals surface area contributed by atoms with Crippen molar-refractivity contribution in [3.63, 3.8) is 0 Å². The maximum Gasteiger partial charge on any atom is 0.228 e. The average molecular weight is 411 g/mol. The third kappa shape index (κ3) is 3.36. The number of methoxy groups -OCH3 is 2. The standard InChI is InChI=1S/C25H21N3O3/c1-30-22-10-6-18(14-23(22)31-2)17-5-9-21-20(13-17)25(27-15-26-21)16-3-7-19(8-4-16)28-12-11-24(28)29/h3-10,13-15H,11-12H2,1-2H3. The quantitative estimate of drug-likeness (QED) is 0.445. The number of β-lactam (4-membered cyclic amide) rings is 1. The summed E-state index contributed by atoms with van der Waals surface area (Å²) in [6.45, 7) is 0.781. The number of nitrogens with zero attached hydrogens (tertiary/aromatic N) is 3. The molecule has 154 valence electrons. The van der Waals surface area contributed by atoms with Crippen molar-refractivity contribution in [1.29, 1.82) is 0 Å². The second-order valence-corrected chi connectivity index (χ2v) is 7.37. The number of aromatic nitrogens is 2. The Kier molecular flexibility index (Phi) is 4.75. The fourth-order valence-corrected chi connectivity index (χ4v) is 3.87. The van der Waals surface area contributed by atoms with Gasteiger partial charge in [-0.25, -0.2) is 9.97 Å². The molecule has 3 aromatic carbocycles. The second kappa shape index (κ2) is 7.72. The maximum absolute atomic E-state index is 11.7. The van der Waals surface area contributed by atoms with E-state index in [1.54, 1.807) is 25.4 Å². The molecule has 2 heterocycles. The number of fused-ring (bicyclic) bond motifs is 1. The molecule has 1 saturated heterocycles. The van der Waals surface area contributed by atoms with Gasteiger partial charge in [0.1, 0.15) is 6.33 Å². The summed E-state index contributed by atoms with van der Waals surface area (Å²) >= 11 is 0. The number of anilines is 1. The van der Waals surface area contributed by atoms with Crippen molar-refractivity contribution in [3.05, 3.63) is 67.0 Å². The number of hydrogen-bond donors (Lipinski definition) is 0. The van der Waals surface area contributed by atoms with E-state index < -0.39 is 0 Å². The summed E-state index contributed by atoms with van der Waals surface area (Å²) in [7, 11) is 3.26. The van der Waals surface area contributed by atoms with Gasteiger partial charge in [-0.15, -0.1) is 0 Å². The molecule has 0 N–H and O–H groups in total. The van der Waals surface area contributed by atoms with E-state index >= 15 is 0 Å². The first-order valence-corrected chi connectivity index (χ1v) is 10.1. The number of carbonyl (C=O) groups is 1. The molecular weight excluding hydrogens is 390 g/mol. The predicted octanol–water partition coefficient (Wildman–Crippen LogP) is 4.72.